The number of amides is 1. The maximum Gasteiger partial charge on any atom is 0.337 e. The van der Waals surface area contributed by atoms with E-state index in [1.165, 1.54) is 29.5 Å². The minimum atomic E-state index is -1.04. The second-order valence-corrected chi connectivity index (χ2v) is 5.10. The Hall–Kier alpha value is -2.69. The van der Waals surface area contributed by atoms with Crippen LogP contribution >= 0.6 is 0 Å². The Morgan fingerprint density at radius 2 is 1.76 bits per heavy atom. The molecule has 1 aliphatic carbocycles. The average Bonchev–Trinajstić information content (AvgIpc) is 2.92. The minimum Gasteiger partial charge on any atom is -0.478 e. The average molecular weight is 282 g/mol. The zero-order valence-electron chi connectivity index (χ0n) is 11.2. The van der Waals surface area contributed by atoms with Crippen LogP contribution in [0.2, 0.25) is 0 Å². The first-order valence-corrected chi connectivity index (χ1v) is 6.70. The molecular formula is C16H14N2O3. The van der Waals surface area contributed by atoms with Crippen molar-refractivity contribution in [1.29, 1.82) is 0 Å². The van der Waals surface area contributed by atoms with E-state index >= 15 is 0 Å². The van der Waals surface area contributed by atoms with Crippen molar-refractivity contribution in [2.45, 2.75) is 12.8 Å². The van der Waals surface area contributed by atoms with Crippen LogP contribution in [-0.4, -0.2) is 22.0 Å². The fraction of sp³-hybridized carbons (Fsp3) is 0.188. The number of hydrogen-bond acceptors (Lipinski definition) is 3. The minimum absolute atomic E-state index is 0.0817. The second-order valence-electron chi connectivity index (χ2n) is 5.10. The smallest absolute Gasteiger partial charge is 0.337 e. The van der Waals surface area contributed by atoms with Crippen LogP contribution in [0.25, 0.3) is 0 Å². The van der Waals surface area contributed by atoms with Gasteiger partial charge in [-0.15, -0.1) is 0 Å². The molecule has 1 aliphatic rings. The van der Waals surface area contributed by atoms with E-state index in [0.29, 0.717) is 5.82 Å². The van der Waals surface area contributed by atoms with Gasteiger partial charge in [0.25, 0.3) is 0 Å². The SMILES string of the molecule is O=C(O)c1ccc(NC(=O)C2Cc3ccccc3C2)nc1. The predicted octanol–water partition coefficient (Wildman–Crippen LogP) is 2.13. The van der Waals surface area contributed by atoms with Gasteiger partial charge in [-0.2, -0.15) is 0 Å². The summed E-state index contributed by atoms with van der Waals surface area (Å²) in [4.78, 5) is 26.9. The van der Waals surface area contributed by atoms with Gasteiger partial charge in [-0.25, -0.2) is 9.78 Å². The van der Waals surface area contributed by atoms with Gasteiger partial charge in [0, 0.05) is 12.1 Å². The van der Waals surface area contributed by atoms with E-state index in [4.69, 9.17) is 5.11 Å². The number of nitrogens with zero attached hydrogens (tertiary/aromatic N) is 1. The Morgan fingerprint density at radius 1 is 1.10 bits per heavy atom. The van der Waals surface area contributed by atoms with Gasteiger partial charge in [-0.3, -0.25) is 4.79 Å². The van der Waals surface area contributed by atoms with Crippen LogP contribution in [0.15, 0.2) is 42.6 Å². The number of aromatic nitrogens is 1. The van der Waals surface area contributed by atoms with Crippen molar-refractivity contribution in [3.63, 3.8) is 0 Å². The van der Waals surface area contributed by atoms with E-state index in [9.17, 15) is 9.59 Å². The molecule has 3 rings (SSSR count). The summed E-state index contributed by atoms with van der Waals surface area (Å²) < 4.78 is 0. The molecule has 0 aliphatic heterocycles. The second kappa shape index (κ2) is 5.36. The normalized spacial score (nSPS) is 13.7. The molecule has 0 unspecified atom stereocenters. The van der Waals surface area contributed by atoms with Crippen molar-refractivity contribution < 1.29 is 14.7 Å². The molecule has 1 aromatic heterocycles. The van der Waals surface area contributed by atoms with Crippen molar-refractivity contribution >= 4 is 17.7 Å². The molecule has 0 atom stereocenters. The maximum absolute atomic E-state index is 12.2. The third-order valence-corrected chi connectivity index (χ3v) is 3.68. The monoisotopic (exact) mass is 282 g/mol. The lowest BCUT2D eigenvalue weighted by atomic mass is 10.1. The van der Waals surface area contributed by atoms with E-state index in [-0.39, 0.29) is 17.4 Å². The topological polar surface area (TPSA) is 79.3 Å². The van der Waals surface area contributed by atoms with Crippen molar-refractivity contribution in [2.24, 2.45) is 5.92 Å². The number of benzene rings is 1. The molecule has 0 saturated carbocycles. The lowest BCUT2D eigenvalue weighted by molar-refractivity contribution is -0.119. The number of carbonyl (C=O) groups excluding carboxylic acids is 1. The number of anilines is 1. The number of carboxylic acid groups (broad SMARTS) is 1. The van der Waals surface area contributed by atoms with Crippen molar-refractivity contribution in [1.82, 2.24) is 4.98 Å². The van der Waals surface area contributed by atoms with Gasteiger partial charge in [0.1, 0.15) is 5.82 Å². The lowest BCUT2D eigenvalue weighted by Crippen LogP contribution is -2.23. The summed E-state index contributed by atoms with van der Waals surface area (Å²) in [5.74, 6) is -0.835. The lowest BCUT2D eigenvalue weighted by Gasteiger charge is -2.09. The van der Waals surface area contributed by atoms with E-state index in [2.05, 4.69) is 10.3 Å². The fourth-order valence-electron chi connectivity index (χ4n) is 2.57. The molecule has 106 valence electrons. The number of aromatic carboxylic acids is 1. The summed E-state index contributed by atoms with van der Waals surface area (Å²) in [6.45, 7) is 0. The number of hydrogen-bond donors (Lipinski definition) is 2. The van der Waals surface area contributed by atoms with Crippen molar-refractivity contribution in [2.75, 3.05) is 5.32 Å². The predicted molar refractivity (Wildman–Crippen MR) is 77.2 cm³/mol. The summed E-state index contributed by atoms with van der Waals surface area (Å²) >= 11 is 0. The van der Waals surface area contributed by atoms with Crippen LogP contribution in [0.1, 0.15) is 21.5 Å². The highest BCUT2D eigenvalue weighted by atomic mass is 16.4. The first-order chi connectivity index (χ1) is 10.1. The van der Waals surface area contributed by atoms with Crippen LogP contribution in [0.5, 0.6) is 0 Å². The summed E-state index contributed by atoms with van der Waals surface area (Å²) in [6.07, 6.45) is 2.70. The molecule has 2 N–H and O–H groups in total. The molecule has 0 bridgehead atoms. The van der Waals surface area contributed by atoms with E-state index in [1.54, 1.807) is 0 Å². The Kier molecular flexibility index (Phi) is 3.39. The zero-order valence-corrected chi connectivity index (χ0v) is 11.2. The van der Waals surface area contributed by atoms with Crippen LogP contribution in [-0.2, 0) is 17.6 Å². The third kappa shape index (κ3) is 2.76. The quantitative estimate of drug-likeness (QED) is 0.904. The van der Waals surface area contributed by atoms with Gasteiger partial charge < -0.3 is 10.4 Å². The Bertz CT molecular complexity index is 670. The third-order valence-electron chi connectivity index (χ3n) is 3.68. The van der Waals surface area contributed by atoms with Crippen LogP contribution in [0.3, 0.4) is 0 Å². The summed E-state index contributed by atoms with van der Waals surface area (Å²) in [5, 5.41) is 11.5. The molecule has 0 spiro atoms. The number of pyridine rings is 1. The van der Waals surface area contributed by atoms with Crippen LogP contribution in [0.4, 0.5) is 5.82 Å². The van der Waals surface area contributed by atoms with Crippen molar-refractivity contribution in [3.05, 3.63) is 59.3 Å². The highest BCUT2D eigenvalue weighted by Gasteiger charge is 2.27. The van der Waals surface area contributed by atoms with Crippen LogP contribution in [0, 0.1) is 5.92 Å². The zero-order chi connectivity index (χ0) is 14.8. The Balaban J connectivity index is 1.66. The molecular weight excluding hydrogens is 268 g/mol. The van der Waals surface area contributed by atoms with Gasteiger partial charge >= 0.3 is 5.97 Å². The maximum atomic E-state index is 12.2. The van der Waals surface area contributed by atoms with Gasteiger partial charge in [0.2, 0.25) is 5.91 Å². The van der Waals surface area contributed by atoms with Gasteiger partial charge in [-0.1, -0.05) is 24.3 Å². The Labute approximate surface area is 121 Å². The number of rotatable bonds is 3. The molecule has 5 heteroatoms. The number of carboxylic acids is 1. The Morgan fingerprint density at radius 3 is 2.29 bits per heavy atom. The highest BCUT2D eigenvalue weighted by Crippen LogP contribution is 2.27. The summed E-state index contributed by atoms with van der Waals surface area (Å²) in [7, 11) is 0. The summed E-state index contributed by atoms with van der Waals surface area (Å²) in [6, 6.07) is 11.0. The molecule has 5 nitrogen and oxygen atoms in total. The molecule has 1 amide bonds. The first kappa shape index (κ1) is 13.3. The number of nitrogens with one attached hydrogen (secondary N) is 1. The molecule has 1 aromatic carbocycles. The number of carbonyl (C=O) groups is 2. The van der Waals surface area contributed by atoms with Crippen molar-refractivity contribution in [3.8, 4) is 0 Å². The van der Waals surface area contributed by atoms with E-state index in [0.717, 1.165) is 12.8 Å². The van der Waals surface area contributed by atoms with E-state index in [1.807, 2.05) is 24.3 Å². The highest BCUT2D eigenvalue weighted by molar-refractivity contribution is 5.93. The number of fused-ring (bicyclic) bond motifs is 1. The standard InChI is InChI=1S/C16H14N2O3/c19-15(13-7-10-3-1-2-4-11(10)8-13)18-14-6-5-12(9-17-14)16(20)21/h1-6,9,13H,7-8H2,(H,20,21)(H,17,18,19). The molecule has 0 saturated heterocycles. The molecule has 21 heavy (non-hydrogen) atoms. The van der Waals surface area contributed by atoms with Gasteiger partial charge in [0.05, 0.1) is 5.56 Å². The summed E-state index contributed by atoms with van der Waals surface area (Å²) in [5.41, 5.74) is 2.53. The molecule has 1 heterocycles. The molecule has 0 fully saturated rings. The first-order valence-electron chi connectivity index (χ1n) is 6.70. The fourth-order valence-corrected chi connectivity index (χ4v) is 2.57. The molecule has 2 aromatic rings. The van der Waals surface area contributed by atoms with Crippen LogP contribution < -0.4 is 5.32 Å². The molecule has 0 radical (unpaired) electrons. The van der Waals surface area contributed by atoms with Gasteiger partial charge in [0.15, 0.2) is 0 Å². The van der Waals surface area contributed by atoms with E-state index < -0.39 is 5.97 Å². The largest absolute Gasteiger partial charge is 0.478 e. The van der Waals surface area contributed by atoms with Gasteiger partial charge in [-0.05, 0) is 36.1 Å².